The van der Waals surface area contributed by atoms with Gasteiger partial charge in [-0.3, -0.25) is 30.3 Å². The van der Waals surface area contributed by atoms with E-state index in [9.17, 15) is 30.3 Å². The van der Waals surface area contributed by atoms with E-state index in [1.807, 2.05) is 13.0 Å². The molecular formula is C26H21N3O6. The van der Waals surface area contributed by atoms with Crippen LogP contribution in [0.2, 0.25) is 0 Å². The molecule has 0 saturated heterocycles. The second-order valence-corrected chi connectivity index (χ2v) is 10.5. The molecule has 3 aliphatic rings. The van der Waals surface area contributed by atoms with Crippen LogP contribution >= 0.6 is 0 Å². The minimum Gasteiger partial charge on any atom is -0.258 e. The maximum absolute atomic E-state index is 11.7. The minimum atomic E-state index is -0.826. The maximum atomic E-state index is 11.7. The third-order valence-electron chi connectivity index (χ3n) is 9.87. The highest BCUT2D eigenvalue weighted by Crippen LogP contribution is 2.82. The van der Waals surface area contributed by atoms with Gasteiger partial charge < -0.3 is 0 Å². The first-order valence-electron chi connectivity index (χ1n) is 11.2. The van der Waals surface area contributed by atoms with Crippen molar-refractivity contribution >= 4 is 17.1 Å². The minimum absolute atomic E-state index is 0.0156. The fraction of sp³-hybridized carbons (Fsp3) is 0.308. The predicted molar refractivity (Wildman–Crippen MR) is 127 cm³/mol. The van der Waals surface area contributed by atoms with Crippen LogP contribution in [0.4, 0.5) is 17.1 Å². The summed E-state index contributed by atoms with van der Waals surface area (Å²) in [6.07, 6.45) is 0. The Morgan fingerprint density at radius 1 is 0.486 bits per heavy atom. The highest BCUT2D eigenvalue weighted by atomic mass is 16.6. The van der Waals surface area contributed by atoms with E-state index in [4.69, 9.17) is 0 Å². The zero-order valence-electron chi connectivity index (χ0n) is 19.5. The fourth-order valence-corrected chi connectivity index (χ4v) is 8.04. The average molecular weight is 471 g/mol. The van der Waals surface area contributed by atoms with Crippen LogP contribution < -0.4 is 0 Å². The van der Waals surface area contributed by atoms with Crippen molar-refractivity contribution in [2.75, 3.05) is 0 Å². The van der Waals surface area contributed by atoms with Gasteiger partial charge in [0, 0.05) is 58.1 Å². The molecule has 0 radical (unpaired) electrons. The first-order valence-corrected chi connectivity index (χ1v) is 11.2. The Labute approximate surface area is 199 Å². The van der Waals surface area contributed by atoms with Crippen molar-refractivity contribution in [2.45, 2.75) is 43.9 Å². The molecule has 0 aliphatic heterocycles. The van der Waals surface area contributed by atoms with Crippen molar-refractivity contribution < 1.29 is 14.8 Å². The lowest BCUT2D eigenvalue weighted by Gasteiger charge is -2.49. The van der Waals surface area contributed by atoms with Gasteiger partial charge in [-0.1, -0.05) is 45.9 Å². The lowest BCUT2D eigenvalue weighted by molar-refractivity contribution is -0.385. The molecule has 3 aromatic rings. The summed E-state index contributed by atoms with van der Waals surface area (Å²) in [7, 11) is 0. The van der Waals surface area contributed by atoms with Gasteiger partial charge in [0.05, 0.1) is 14.8 Å². The second kappa shape index (κ2) is 5.91. The Balaban J connectivity index is 1.84. The van der Waals surface area contributed by atoms with Gasteiger partial charge in [0.2, 0.25) is 0 Å². The Morgan fingerprint density at radius 3 is 1.03 bits per heavy atom. The molecule has 0 spiro atoms. The SMILES string of the molecule is CC12c3ccc([N+](=O)[O-])cc3C3(C)c4ccc([N+](=O)[O-])cc4C(C)(c4cc([N+](=O)[O-])ccc41)C23C. The molecule has 6 rings (SSSR count). The van der Waals surface area contributed by atoms with Crippen molar-refractivity contribution in [1.82, 2.24) is 0 Å². The molecule has 4 unspecified atom stereocenters. The van der Waals surface area contributed by atoms with Crippen LogP contribution in [0.25, 0.3) is 0 Å². The number of nitrogens with zero attached hydrogens (tertiary/aromatic N) is 3. The summed E-state index contributed by atoms with van der Waals surface area (Å²) in [5.41, 5.74) is 2.04. The van der Waals surface area contributed by atoms with E-state index in [1.165, 1.54) is 18.2 Å². The van der Waals surface area contributed by atoms with Crippen LogP contribution in [-0.4, -0.2) is 14.8 Å². The van der Waals surface area contributed by atoms with Gasteiger partial charge >= 0.3 is 0 Å². The van der Waals surface area contributed by atoms with Crippen LogP contribution in [0, 0.1) is 35.8 Å². The van der Waals surface area contributed by atoms with Crippen LogP contribution in [0.1, 0.15) is 61.1 Å². The van der Waals surface area contributed by atoms with Gasteiger partial charge in [-0.05, 0) is 33.4 Å². The van der Waals surface area contributed by atoms with E-state index in [1.54, 1.807) is 30.3 Å². The molecule has 3 aliphatic carbocycles. The van der Waals surface area contributed by atoms with E-state index in [-0.39, 0.29) is 17.1 Å². The molecule has 35 heavy (non-hydrogen) atoms. The Bertz CT molecular complexity index is 1570. The third-order valence-corrected chi connectivity index (χ3v) is 9.87. The zero-order valence-corrected chi connectivity index (χ0v) is 19.5. The largest absolute Gasteiger partial charge is 0.269 e. The highest BCUT2D eigenvalue weighted by molar-refractivity contribution is 5.78. The van der Waals surface area contributed by atoms with E-state index < -0.39 is 36.4 Å². The third kappa shape index (κ3) is 1.92. The average Bonchev–Trinajstić information content (AvgIpc) is 3.18. The predicted octanol–water partition coefficient (Wildman–Crippen LogP) is 5.68. The second-order valence-electron chi connectivity index (χ2n) is 10.5. The molecular weight excluding hydrogens is 450 g/mol. The topological polar surface area (TPSA) is 129 Å². The van der Waals surface area contributed by atoms with E-state index >= 15 is 0 Å². The van der Waals surface area contributed by atoms with Gasteiger partial charge in [0.1, 0.15) is 0 Å². The van der Waals surface area contributed by atoms with Crippen LogP contribution in [0.5, 0.6) is 0 Å². The molecule has 9 heteroatoms. The number of hydrogen-bond donors (Lipinski definition) is 0. The van der Waals surface area contributed by atoms with Gasteiger partial charge in [-0.15, -0.1) is 0 Å². The van der Waals surface area contributed by atoms with E-state index in [2.05, 4.69) is 20.8 Å². The number of nitro benzene ring substituents is 3. The number of nitro groups is 3. The number of fused-ring (bicyclic) bond motifs is 9. The molecule has 0 saturated carbocycles. The van der Waals surface area contributed by atoms with Crippen LogP contribution in [0.3, 0.4) is 0 Å². The summed E-state index contributed by atoms with van der Waals surface area (Å²) in [5.74, 6) is 0. The number of hydrogen-bond acceptors (Lipinski definition) is 6. The molecule has 0 N–H and O–H groups in total. The Morgan fingerprint density at radius 2 is 0.743 bits per heavy atom. The molecule has 3 aromatic carbocycles. The number of benzene rings is 3. The van der Waals surface area contributed by atoms with Gasteiger partial charge in [0.25, 0.3) is 17.1 Å². The number of rotatable bonds is 3. The van der Waals surface area contributed by atoms with E-state index in [0.29, 0.717) is 0 Å². The summed E-state index contributed by atoms with van der Waals surface area (Å²) in [4.78, 5) is 33.9. The Hall–Kier alpha value is -4.14. The van der Waals surface area contributed by atoms with Gasteiger partial charge in [-0.2, -0.15) is 0 Å². The van der Waals surface area contributed by atoms with Crippen molar-refractivity contribution in [3.05, 3.63) is 118 Å². The lowest BCUT2D eigenvalue weighted by Crippen LogP contribution is -2.51. The monoisotopic (exact) mass is 471 g/mol. The van der Waals surface area contributed by atoms with Gasteiger partial charge in [-0.25, -0.2) is 0 Å². The molecule has 9 nitrogen and oxygen atoms in total. The van der Waals surface area contributed by atoms with Crippen molar-refractivity contribution in [3.8, 4) is 0 Å². The van der Waals surface area contributed by atoms with Crippen molar-refractivity contribution in [3.63, 3.8) is 0 Å². The first kappa shape index (κ1) is 21.4. The summed E-state index contributed by atoms with van der Waals surface area (Å²) in [6, 6.07) is 14.6. The first-order chi connectivity index (χ1) is 16.3. The quantitative estimate of drug-likeness (QED) is 0.357. The van der Waals surface area contributed by atoms with Crippen molar-refractivity contribution in [1.29, 1.82) is 0 Å². The summed E-state index contributed by atoms with van der Waals surface area (Å²) >= 11 is 0. The molecule has 0 heterocycles. The molecule has 0 fully saturated rings. The fourth-order valence-electron chi connectivity index (χ4n) is 8.04. The standard InChI is InChI=1S/C26H21N3O6/c1-23-17-8-5-14(27(30)31)11-20(17)24(2)19-10-7-16(29(34)35)13-22(19)25(3,26(23,24)4)21-12-15(28(32)33)6-9-18(21)23/h5-13H,1-4H3. The normalized spacial score (nSPS) is 30.9. The molecule has 0 bridgehead atoms. The summed E-state index contributed by atoms with van der Waals surface area (Å²) in [6.45, 7) is 8.28. The lowest BCUT2D eigenvalue weighted by atomic mass is 9.52. The maximum Gasteiger partial charge on any atom is 0.269 e. The molecule has 0 aromatic heterocycles. The van der Waals surface area contributed by atoms with Gasteiger partial charge in [0.15, 0.2) is 0 Å². The summed E-state index contributed by atoms with van der Waals surface area (Å²) < 4.78 is 0. The highest BCUT2D eigenvalue weighted by Gasteiger charge is 2.80. The number of non-ortho nitro benzene ring substituents is 3. The molecule has 4 atom stereocenters. The van der Waals surface area contributed by atoms with Crippen LogP contribution in [0.15, 0.2) is 54.6 Å². The van der Waals surface area contributed by atoms with E-state index in [0.717, 1.165) is 33.4 Å². The Kier molecular flexibility index (Phi) is 3.61. The summed E-state index contributed by atoms with van der Waals surface area (Å²) in [5, 5.41) is 35.2. The zero-order chi connectivity index (χ0) is 25.3. The smallest absolute Gasteiger partial charge is 0.258 e. The molecule has 176 valence electrons. The van der Waals surface area contributed by atoms with Crippen molar-refractivity contribution in [2.24, 2.45) is 5.41 Å². The van der Waals surface area contributed by atoms with Crippen LogP contribution in [-0.2, 0) is 16.2 Å². The molecule has 0 amide bonds.